The largest absolute Gasteiger partial charge is 0.497 e. The van der Waals surface area contributed by atoms with E-state index < -0.39 is 34.5 Å². The van der Waals surface area contributed by atoms with E-state index in [-0.39, 0.29) is 22.9 Å². The van der Waals surface area contributed by atoms with Crippen LogP contribution >= 0.6 is 0 Å². The van der Waals surface area contributed by atoms with Crippen LogP contribution in [-0.2, 0) is 24.3 Å². The number of sulfonamides is 1. The minimum atomic E-state index is -4.31. The SMILES string of the molecule is COC(=O)C1CN(C(=O)CN(c2cccc(OC)c2)S(=O)(=O)c2cc(C)ccc2OC)c2ccccc2O1. The molecule has 11 heteroatoms. The third kappa shape index (κ3) is 5.23. The van der Waals surface area contributed by atoms with E-state index in [2.05, 4.69) is 0 Å². The number of carbonyl (C=O) groups is 2. The maximum Gasteiger partial charge on any atom is 0.348 e. The first-order chi connectivity index (χ1) is 18.2. The molecule has 38 heavy (non-hydrogen) atoms. The molecule has 1 heterocycles. The normalized spacial score (nSPS) is 14.6. The summed E-state index contributed by atoms with van der Waals surface area (Å²) in [5, 5.41) is 0. The molecule has 4 rings (SSSR count). The molecule has 200 valence electrons. The molecule has 0 aliphatic carbocycles. The second-order valence-corrected chi connectivity index (χ2v) is 10.3. The van der Waals surface area contributed by atoms with Crippen LogP contribution in [0.3, 0.4) is 0 Å². The monoisotopic (exact) mass is 540 g/mol. The van der Waals surface area contributed by atoms with Gasteiger partial charge in [-0.25, -0.2) is 13.2 Å². The molecule has 0 bridgehead atoms. The highest BCUT2D eigenvalue weighted by atomic mass is 32.2. The summed E-state index contributed by atoms with van der Waals surface area (Å²) < 4.78 is 50.4. The first-order valence-electron chi connectivity index (χ1n) is 11.6. The smallest absolute Gasteiger partial charge is 0.348 e. The van der Waals surface area contributed by atoms with E-state index in [0.29, 0.717) is 22.7 Å². The van der Waals surface area contributed by atoms with Gasteiger partial charge in [0, 0.05) is 6.07 Å². The number of benzene rings is 3. The van der Waals surface area contributed by atoms with Gasteiger partial charge < -0.3 is 23.8 Å². The summed E-state index contributed by atoms with van der Waals surface area (Å²) in [6.07, 6.45) is -1.07. The fraction of sp³-hybridized carbons (Fsp3) is 0.259. The lowest BCUT2D eigenvalue weighted by Crippen LogP contribution is -2.51. The summed E-state index contributed by atoms with van der Waals surface area (Å²) in [5.74, 6) is -0.377. The van der Waals surface area contributed by atoms with Crippen LogP contribution in [0.5, 0.6) is 17.2 Å². The molecule has 1 amide bonds. The quantitative estimate of drug-likeness (QED) is 0.401. The van der Waals surface area contributed by atoms with Crippen molar-refractivity contribution in [2.45, 2.75) is 17.9 Å². The van der Waals surface area contributed by atoms with E-state index >= 15 is 0 Å². The van der Waals surface area contributed by atoms with Gasteiger partial charge in [0.2, 0.25) is 12.0 Å². The highest BCUT2D eigenvalue weighted by Crippen LogP contribution is 2.35. The summed E-state index contributed by atoms with van der Waals surface area (Å²) in [6.45, 7) is 1.04. The zero-order valence-corrected chi connectivity index (χ0v) is 22.2. The Hall–Kier alpha value is -4.25. The van der Waals surface area contributed by atoms with Crippen molar-refractivity contribution < 1.29 is 37.0 Å². The Kier molecular flexibility index (Phi) is 7.77. The number of aryl methyl sites for hydroxylation is 1. The van der Waals surface area contributed by atoms with Crippen LogP contribution in [0.25, 0.3) is 0 Å². The van der Waals surface area contributed by atoms with Crippen molar-refractivity contribution in [1.82, 2.24) is 0 Å². The molecule has 0 N–H and O–H groups in total. The lowest BCUT2D eigenvalue weighted by atomic mass is 10.2. The molecule has 0 radical (unpaired) electrons. The standard InChI is InChI=1S/C27H28N2O8S/c1-18-12-13-23(35-3)25(14-18)38(32,33)29(19-8-7-9-20(15-19)34-2)17-26(30)28-16-24(27(31)36-4)37-22-11-6-5-10-21(22)28/h5-15,24H,16-17H2,1-4H3. The Morgan fingerprint density at radius 1 is 1.00 bits per heavy atom. The van der Waals surface area contributed by atoms with Crippen LogP contribution < -0.4 is 23.4 Å². The van der Waals surface area contributed by atoms with Gasteiger partial charge >= 0.3 is 5.97 Å². The number of para-hydroxylation sites is 2. The van der Waals surface area contributed by atoms with Crippen LogP contribution in [0.4, 0.5) is 11.4 Å². The summed E-state index contributed by atoms with van der Waals surface area (Å²) in [7, 11) is -0.241. The van der Waals surface area contributed by atoms with Gasteiger partial charge in [-0.3, -0.25) is 9.10 Å². The first-order valence-corrected chi connectivity index (χ1v) is 13.1. The van der Waals surface area contributed by atoms with Crippen molar-refractivity contribution in [2.75, 3.05) is 43.6 Å². The van der Waals surface area contributed by atoms with Gasteiger partial charge in [-0.15, -0.1) is 0 Å². The maximum absolute atomic E-state index is 14.1. The Morgan fingerprint density at radius 2 is 1.76 bits per heavy atom. The van der Waals surface area contributed by atoms with Crippen LogP contribution in [0, 0.1) is 6.92 Å². The fourth-order valence-electron chi connectivity index (χ4n) is 4.12. The fourth-order valence-corrected chi connectivity index (χ4v) is 5.77. The van der Waals surface area contributed by atoms with Crippen LogP contribution in [0.15, 0.2) is 71.6 Å². The molecule has 10 nitrogen and oxygen atoms in total. The van der Waals surface area contributed by atoms with Gasteiger partial charge in [0.05, 0.1) is 39.2 Å². The number of anilines is 2. The molecular weight excluding hydrogens is 512 g/mol. The number of fused-ring (bicyclic) bond motifs is 1. The molecule has 1 atom stereocenters. The molecule has 0 aromatic heterocycles. The average Bonchev–Trinajstić information content (AvgIpc) is 2.94. The van der Waals surface area contributed by atoms with E-state index in [1.807, 2.05) is 0 Å². The molecule has 1 aliphatic heterocycles. The summed E-state index contributed by atoms with van der Waals surface area (Å²) >= 11 is 0. The van der Waals surface area contributed by atoms with Crippen LogP contribution in [-0.4, -0.2) is 60.8 Å². The van der Waals surface area contributed by atoms with Crippen molar-refractivity contribution in [3.63, 3.8) is 0 Å². The van der Waals surface area contributed by atoms with Gasteiger partial charge in [-0.2, -0.15) is 0 Å². The summed E-state index contributed by atoms with van der Waals surface area (Å²) in [4.78, 5) is 27.3. The molecule has 1 unspecified atom stereocenters. The van der Waals surface area contributed by atoms with Gasteiger partial charge in [0.1, 0.15) is 28.7 Å². The molecule has 0 saturated carbocycles. The van der Waals surface area contributed by atoms with E-state index in [9.17, 15) is 18.0 Å². The van der Waals surface area contributed by atoms with E-state index in [4.69, 9.17) is 18.9 Å². The highest BCUT2D eigenvalue weighted by molar-refractivity contribution is 7.93. The minimum absolute atomic E-state index is 0.0922. The maximum atomic E-state index is 14.1. The number of amides is 1. The van der Waals surface area contributed by atoms with Crippen LogP contribution in [0.2, 0.25) is 0 Å². The van der Waals surface area contributed by atoms with Crippen molar-refractivity contribution >= 4 is 33.3 Å². The Balaban J connectivity index is 1.79. The second kappa shape index (κ2) is 11.0. The summed E-state index contributed by atoms with van der Waals surface area (Å²) in [5.41, 5.74) is 1.32. The molecule has 1 aliphatic rings. The minimum Gasteiger partial charge on any atom is -0.497 e. The lowest BCUT2D eigenvalue weighted by Gasteiger charge is -2.35. The van der Waals surface area contributed by atoms with Crippen LogP contribution in [0.1, 0.15) is 5.56 Å². The van der Waals surface area contributed by atoms with E-state index in [1.54, 1.807) is 61.5 Å². The number of ether oxygens (including phenoxy) is 4. The molecular formula is C27H28N2O8S. The molecule has 3 aromatic rings. The van der Waals surface area contributed by atoms with E-state index in [0.717, 1.165) is 4.31 Å². The number of nitrogens with zero attached hydrogens (tertiary/aromatic N) is 2. The highest BCUT2D eigenvalue weighted by Gasteiger charge is 2.37. The number of methoxy groups -OCH3 is 3. The molecule has 0 spiro atoms. The van der Waals surface area contributed by atoms with Gasteiger partial charge in [-0.1, -0.05) is 24.3 Å². The topological polar surface area (TPSA) is 112 Å². The van der Waals surface area contributed by atoms with Crippen molar-refractivity contribution in [3.8, 4) is 17.2 Å². The predicted octanol–water partition coefficient (Wildman–Crippen LogP) is 3.17. The first kappa shape index (κ1) is 26.8. The molecule has 3 aromatic carbocycles. The number of hydrogen-bond donors (Lipinski definition) is 0. The lowest BCUT2D eigenvalue weighted by molar-refractivity contribution is -0.148. The number of carbonyl (C=O) groups excluding carboxylic acids is 2. The van der Waals surface area contributed by atoms with Gasteiger partial charge in [-0.05, 0) is 48.9 Å². The van der Waals surface area contributed by atoms with Gasteiger partial charge in [0.25, 0.3) is 10.0 Å². The van der Waals surface area contributed by atoms with Crippen molar-refractivity contribution in [1.29, 1.82) is 0 Å². The second-order valence-electron chi connectivity index (χ2n) is 8.47. The zero-order valence-electron chi connectivity index (χ0n) is 21.4. The predicted molar refractivity (Wildman–Crippen MR) is 140 cm³/mol. The van der Waals surface area contributed by atoms with E-state index in [1.165, 1.54) is 38.4 Å². The number of hydrogen-bond acceptors (Lipinski definition) is 8. The van der Waals surface area contributed by atoms with Crippen molar-refractivity contribution in [2.24, 2.45) is 0 Å². The average molecular weight is 541 g/mol. The number of esters is 1. The third-order valence-electron chi connectivity index (χ3n) is 6.05. The van der Waals surface area contributed by atoms with Gasteiger partial charge in [0.15, 0.2) is 0 Å². The Bertz CT molecular complexity index is 1460. The zero-order chi connectivity index (χ0) is 27.4. The molecule has 0 fully saturated rings. The third-order valence-corrected chi connectivity index (χ3v) is 7.84. The van der Waals surface area contributed by atoms with Crippen molar-refractivity contribution in [3.05, 3.63) is 72.3 Å². The Labute approximate surface area is 221 Å². The molecule has 0 saturated heterocycles. The number of rotatable bonds is 8. The summed E-state index contributed by atoms with van der Waals surface area (Å²) in [6, 6.07) is 17.9. The Morgan fingerprint density at radius 3 is 2.47 bits per heavy atom.